The molecule has 0 aliphatic heterocycles. The fourth-order valence-corrected chi connectivity index (χ4v) is 3.08. The summed E-state index contributed by atoms with van der Waals surface area (Å²) in [7, 11) is 1.39. The maximum Gasteiger partial charge on any atom is 0.314 e. The van der Waals surface area contributed by atoms with Gasteiger partial charge in [0.2, 0.25) is 0 Å². The largest absolute Gasteiger partial charge is 0.490 e. The summed E-state index contributed by atoms with van der Waals surface area (Å²) in [6.07, 6.45) is 0. The van der Waals surface area contributed by atoms with Crippen LogP contribution in [0.4, 0.5) is 5.69 Å². The third-order valence-corrected chi connectivity index (χ3v) is 4.09. The van der Waals surface area contributed by atoms with Gasteiger partial charge in [0, 0.05) is 9.80 Å². The second-order valence-electron chi connectivity index (χ2n) is 4.08. The predicted molar refractivity (Wildman–Crippen MR) is 86.5 cm³/mol. The lowest BCUT2D eigenvalue weighted by Crippen LogP contribution is -1.94. The van der Waals surface area contributed by atoms with E-state index in [-0.39, 0.29) is 11.4 Å². The van der Waals surface area contributed by atoms with Crippen molar-refractivity contribution >= 4 is 37.5 Å². The van der Waals surface area contributed by atoms with Gasteiger partial charge in [0.25, 0.3) is 0 Å². The summed E-state index contributed by atoms with van der Waals surface area (Å²) >= 11 is 6.82. The first-order valence-corrected chi connectivity index (χ1v) is 7.81. The molecule has 21 heavy (non-hydrogen) atoms. The topological polar surface area (TPSA) is 61.6 Å². The van der Waals surface area contributed by atoms with E-state index in [1.165, 1.54) is 19.2 Å². The monoisotopic (exact) mass is 415 g/mol. The van der Waals surface area contributed by atoms with Crippen molar-refractivity contribution in [2.45, 2.75) is 5.33 Å². The molecule has 0 spiro atoms. The van der Waals surface area contributed by atoms with Gasteiger partial charge in [0.15, 0.2) is 5.75 Å². The molecule has 0 aliphatic carbocycles. The van der Waals surface area contributed by atoms with Gasteiger partial charge < -0.3 is 9.47 Å². The zero-order valence-electron chi connectivity index (χ0n) is 11.0. The van der Waals surface area contributed by atoms with E-state index in [1.54, 1.807) is 12.1 Å². The van der Waals surface area contributed by atoms with Gasteiger partial charge in [-0.3, -0.25) is 10.1 Å². The maximum absolute atomic E-state index is 11.0. The number of hydrogen-bond acceptors (Lipinski definition) is 4. The summed E-state index contributed by atoms with van der Waals surface area (Å²) in [5, 5.41) is 11.7. The smallest absolute Gasteiger partial charge is 0.314 e. The Morgan fingerprint density at radius 1 is 1.19 bits per heavy atom. The lowest BCUT2D eigenvalue weighted by molar-refractivity contribution is -0.385. The Morgan fingerprint density at radius 3 is 2.43 bits per heavy atom. The van der Waals surface area contributed by atoms with Crippen LogP contribution in [0.3, 0.4) is 0 Å². The number of benzene rings is 2. The highest BCUT2D eigenvalue weighted by Gasteiger charge is 2.16. The molecule has 0 N–H and O–H groups in total. The number of halogens is 2. The van der Waals surface area contributed by atoms with Crippen LogP contribution >= 0.6 is 31.9 Å². The van der Waals surface area contributed by atoms with Crippen molar-refractivity contribution in [2.24, 2.45) is 0 Å². The summed E-state index contributed by atoms with van der Waals surface area (Å²) in [5.74, 6) is 1.16. The van der Waals surface area contributed by atoms with Crippen molar-refractivity contribution < 1.29 is 14.4 Å². The zero-order valence-corrected chi connectivity index (χ0v) is 14.2. The summed E-state index contributed by atoms with van der Waals surface area (Å²) in [6.45, 7) is 0. The van der Waals surface area contributed by atoms with Crippen molar-refractivity contribution in [3.8, 4) is 17.2 Å². The molecule has 0 fully saturated rings. The third-order valence-electron chi connectivity index (χ3n) is 2.75. The van der Waals surface area contributed by atoms with E-state index in [0.717, 1.165) is 15.4 Å². The predicted octanol–water partition coefficient (Wildman–Crippen LogP) is 5.05. The van der Waals surface area contributed by atoms with Gasteiger partial charge in [-0.15, -0.1) is 0 Å². The molecule has 0 atom stereocenters. The first-order chi connectivity index (χ1) is 10.0. The quantitative estimate of drug-likeness (QED) is 0.388. The van der Waals surface area contributed by atoms with Crippen LogP contribution in [0, 0.1) is 10.1 Å². The molecule has 2 aromatic carbocycles. The van der Waals surface area contributed by atoms with E-state index in [1.807, 2.05) is 12.1 Å². The Morgan fingerprint density at radius 2 is 1.86 bits per heavy atom. The average molecular weight is 417 g/mol. The molecular weight excluding hydrogens is 406 g/mol. The standard InChI is InChI=1S/C14H11Br2NO4/c1-20-14-5-4-11(7-13(14)17(18)19)21-10-3-2-9(8-15)12(16)6-10/h2-7H,8H2,1H3. The van der Waals surface area contributed by atoms with E-state index < -0.39 is 4.92 Å². The van der Waals surface area contributed by atoms with Gasteiger partial charge in [-0.2, -0.15) is 0 Å². The van der Waals surface area contributed by atoms with Gasteiger partial charge in [0.1, 0.15) is 11.5 Å². The Kier molecular flexibility index (Phi) is 5.19. The van der Waals surface area contributed by atoms with E-state index in [9.17, 15) is 10.1 Å². The van der Waals surface area contributed by atoms with Crippen LogP contribution in [0.15, 0.2) is 40.9 Å². The lowest BCUT2D eigenvalue weighted by atomic mass is 10.2. The molecule has 0 amide bonds. The lowest BCUT2D eigenvalue weighted by Gasteiger charge is -2.09. The minimum Gasteiger partial charge on any atom is -0.490 e. The number of methoxy groups -OCH3 is 1. The van der Waals surface area contributed by atoms with Crippen LogP contribution in [-0.4, -0.2) is 12.0 Å². The minimum atomic E-state index is -0.504. The maximum atomic E-state index is 11.0. The highest BCUT2D eigenvalue weighted by molar-refractivity contribution is 9.10. The second-order valence-corrected chi connectivity index (χ2v) is 5.49. The van der Waals surface area contributed by atoms with Gasteiger partial charge in [-0.25, -0.2) is 0 Å². The van der Waals surface area contributed by atoms with Crippen LogP contribution in [-0.2, 0) is 5.33 Å². The third kappa shape index (κ3) is 3.74. The molecule has 7 heteroatoms. The van der Waals surface area contributed by atoms with E-state index >= 15 is 0 Å². The number of nitrogens with zero attached hydrogens (tertiary/aromatic N) is 1. The number of nitro groups is 1. The molecule has 2 rings (SSSR count). The van der Waals surface area contributed by atoms with Crippen LogP contribution in [0.5, 0.6) is 17.2 Å². The normalized spacial score (nSPS) is 10.2. The van der Waals surface area contributed by atoms with E-state index in [2.05, 4.69) is 31.9 Å². The fraction of sp³-hybridized carbons (Fsp3) is 0.143. The van der Waals surface area contributed by atoms with Crippen molar-refractivity contribution in [3.05, 3.63) is 56.5 Å². The Balaban J connectivity index is 2.29. The van der Waals surface area contributed by atoms with Crippen LogP contribution in [0.2, 0.25) is 0 Å². The van der Waals surface area contributed by atoms with Crippen LogP contribution in [0.1, 0.15) is 5.56 Å². The van der Waals surface area contributed by atoms with Crippen molar-refractivity contribution in [3.63, 3.8) is 0 Å². The molecule has 0 saturated carbocycles. The number of rotatable bonds is 5. The van der Waals surface area contributed by atoms with E-state index in [4.69, 9.17) is 9.47 Å². The molecule has 0 aromatic heterocycles. The molecule has 0 saturated heterocycles. The molecule has 2 aromatic rings. The molecular formula is C14H11Br2NO4. The number of hydrogen-bond donors (Lipinski definition) is 0. The molecule has 0 heterocycles. The Labute approximate surface area is 138 Å². The van der Waals surface area contributed by atoms with Gasteiger partial charge in [-0.1, -0.05) is 37.9 Å². The van der Waals surface area contributed by atoms with Gasteiger partial charge in [0.05, 0.1) is 18.1 Å². The summed E-state index contributed by atoms with van der Waals surface area (Å²) in [5.41, 5.74) is 0.953. The summed E-state index contributed by atoms with van der Waals surface area (Å²) in [6, 6.07) is 9.99. The molecule has 110 valence electrons. The summed E-state index contributed by atoms with van der Waals surface area (Å²) < 4.78 is 11.5. The SMILES string of the molecule is COc1ccc(Oc2ccc(CBr)c(Br)c2)cc1[N+](=O)[O-]. The number of ether oxygens (including phenoxy) is 2. The van der Waals surface area contributed by atoms with Crippen molar-refractivity contribution in [2.75, 3.05) is 7.11 Å². The first-order valence-electron chi connectivity index (χ1n) is 5.90. The molecule has 0 radical (unpaired) electrons. The molecule has 0 aliphatic rings. The molecule has 0 bridgehead atoms. The van der Waals surface area contributed by atoms with Gasteiger partial charge >= 0.3 is 5.69 Å². The second kappa shape index (κ2) is 6.91. The van der Waals surface area contributed by atoms with Crippen molar-refractivity contribution in [1.29, 1.82) is 0 Å². The number of nitro benzene ring substituents is 1. The first kappa shape index (κ1) is 15.8. The highest BCUT2D eigenvalue weighted by Crippen LogP contribution is 2.34. The Bertz CT molecular complexity index is 676. The average Bonchev–Trinajstić information content (AvgIpc) is 2.47. The molecule has 0 unspecified atom stereocenters. The van der Waals surface area contributed by atoms with Crippen LogP contribution < -0.4 is 9.47 Å². The van der Waals surface area contributed by atoms with E-state index in [0.29, 0.717) is 11.5 Å². The van der Waals surface area contributed by atoms with Gasteiger partial charge in [-0.05, 0) is 29.8 Å². The zero-order chi connectivity index (χ0) is 15.4. The number of alkyl halides is 1. The van der Waals surface area contributed by atoms with Crippen LogP contribution in [0.25, 0.3) is 0 Å². The highest BCUT2D eigenvalue weighted by atomic mass is 79.9. The minimum absolute atomic E-state index is 0.133. The summed E-state index contributed by atoms with van der Waals surface area (Å²) in [4.78, 5) is 10.5. The fourth-order valence-electron chi connectivity index (χ4n) is 1.71. The van der Waals surface area contributed by atoms with Crippen molar-refractivity contribution in [1.82, 2.24) is 0 Å². The Hall–Kier alpha value is -1.60. The molecule has 5 nitrogen and oxygen atoms in total.